The normalized spacial score (nSPS) is 26.1. The maximum Gasteiger partial charge on any atom is 0.330 e. The van der Waals surface area contributed by atoms with E-state index in [9.17, 15) is 9.59 Å². The van der Waals surface area contributed by atoms with Crippen LogP contribution in [0.4, 0.5) is 0 Å². The Morgan fingerprint density at radius 1 is 1.68 bits per heavy atom. The van der Waals surface area contributed by atoms with Crippen LogP contribution in [-0.4, -0.2) is 33.4 Å². The molecule has 1 aromatic heterocycles. The number of nitrogens with one attached hydrogen (secondary N) is 1. The van der Waals surface area contributed by atoms with Gasteiger partial charge in [-0.15, -0.1) is 0 Å². The van der Waals surface area contributed by atoms with Gasteiger partial charge in [0, 0.05) is 16.7 Å². The van der Waals surface area contributed by atoms with E-state index in [-0.39, 0.29) is 6.61 Å². The van der Waals surface area contributed by atoms with Gasteiger partial charge in [-0.1, -0.05) is 5.11 Å². The van der Waals surface area contributed by atoms with Crippen LogP contribution >= 0.6 is 0 Å². The molecule has 1 aliphatic rings. The van der Waals surface area contributed by atoms with Crippen LogP contribution in [0.3, 0.4) is 0 Å². The van der Waals surface area contributed by atoms with Gasteiger partial charge in [0.25, 0.3) is 5.56 Å². The SMILES string of the molecule is Cc1cn([C@H]2O[C@@H](CO)C[C@@H]2N=[N+]=[N-])c(=O)[nH]c1=O. The maximum atomic E-state index is 11.8. The summed E-state index contributed by atoms with van der Waals surface area (Å²) in [5.74, 6) is 0. The first-order chi connectivity index (χ1) is 9.06. The molecule has 1 saturated heterocycles. The summed E-state index contributed by atoms with van der Waals surface area (Å²) in [4.78, 5) is 27.9. The van der Waals surface area contributed by atoms with Crippen molar-refractivity contribution in [1.82, 2.24) is 9.55 Å². The molecule has 0 amide bonds. The van der Waals surface area contributed by atoms with Crippen molar-refractivity contribution in [2.45, 2.75) is 31.7 Å². The molecule has 0 saturated carbocycles. The number of nitrogens with zero attached hydrogens (tertiary/aromatic N) is 4. The fourth-order valence-corrected chi connectivity index (χ4v) is 2.04. The Hall–Kier alpha value is -2.09. The fraction of sp³-hybridized carbons (Fsp3) is 0.600. The van der Waals surface area contributed by atoms with Crippen molar-refractivity contribution in [3.63, 3.8) is 0 Å². The molecule has 0 bridgehead atoms. The standard InChI is InChI=1S/C10H13N5O4/c1-5-3-15(10(18)12-8(5)17)9-7(13-14-11)2-6(4-16)19-9/h3,6-7,9,16H,2,4H2,1H3,(H,12,17,18)/t6-,7+,9+/m1/s1. The largest absolute Gasteiger partial charge is 0.394 e. The van der Waals surface area contributed by atoms with Gasteiger partial charge in [-0.25, -0.2) is 4.79 Å². The molecule has 3 atom stereocenters. The number of ether oxygens (including phenoxy) is 1. The minimum Gasteiger partial charge on any atom is -0.394 e. The van der Waals surface area contributed by atoms with Crippen LogP contribution in [0.25, 0.3) is 10.4 Å². The predicted molar refractivity (Wildman–Crippen MR) is 64.6 cm³/mol. The molecule has 1 fully saturated rings. The summed E-state index contributed by atoms with van der Waals surface area (Å²) in [7, 11) is 0. The summed E-state index contributed by atoms with van der Waals surface area (Å²) in [5.41, 5.74) is 7.74. The van der Waals surface area contributed by atoms with E-state index in [2.05, 4.69) is 15.0 Å². The third-order valence-electron chi connectivity index (χ3n) is 2.99. The van der Waals surface area contributed by atoms with Gasteiger partial charge in [0.05, 0.1) is 18.8 Å². The lowest BCUT2D eigenvalue weighted by atomic mass is 10.1. The minimum absolute atomic E-state index is 0.231. The van der Waals surface area contributed by atoms with Gasteiger partial charge in [-0.2, -0.15) is 0 Å². The summed E-state index contributed by atoms with van der Waals surface area (Å²) in [6.45, 7) is 1.32. The van der Waals surface area contributed by atoms with Crippen LogP contribution < -0.4 is 11.2 Å². The van der Waals surface area contributed by atoms with E-state index in [4.69, 9.17) is 15.4 Å². The van der Waals surface area contributed by atoms with E-state index in [1.54, 1.807) is 6.92 Å². The summed E-state index contributed by atoms with van der Waals surface area (Å²) < 4.78 is 6.64. The lowest BCUT2D eigenvalue weighted by molar-refractivity contribution is -0.0280. The number of hydrogen-bond donors (Lipinski definition) is 2. The molecule has 2 N–H and O–H groups in total. The van der Waals surface area contributed by atoms with Crippen LogP contribution in [0, 0.1) is 6.92 Å². The van der Waals surface area contributed by atoms with Crippen molar-refractivity contribution in [1.29, 1.82) is 0 Å². The molecule has 1 aliphatic heterocycles. The molecule has 1 aromatic rings. The van der Waals surface area contributed by atoms with Crippen LogP contribution in [0.2, 0.25) is 0 Å². The molecule has 9 heteroatoms. The van der Waals surface area contributed by atoms with Crippen LogP contribution in [0.15, 0.2) is 20.9 Å². The summed E-state index contributed by atoms with van der Waals surface area (Å²) in [6.07, 6.45) is 0.345. The van der Waals surface area contributed by atoms with Gasteiger partial charge in [0.15, 0.2) is 0 Å². The lowest BCUT2D eigenvalue weighted by Crippen LogP contribution is -2.36. The second-order valence-corrected chi connectivity index (χ2v) is 4.32. The molecule has 0 spiro atoms. The molecule has 2 rings (SSSR count). The first kappa shape index (κ1) is 13.3. The number of aryl methyl sites for hydroxylation is 1. The van der Waals surface area contributed by atoms with Crippen molar-refractivity contribution in [2.75, 3.05) is 6.61 Å². The molecule has 0 radical (unpaired) electrons. The predicted octanol–water partition coefficient (Wildman–Crippen LogP) is -0.196. The Morgan fingerprint density at radius 2 is 2.42 bits per heavy atom. The second-order valence-electron chi connectivity index (χ2n) is 4.32. The van der Waals surface area contributed by atoms with Crippen LogP contribution in [0.5, 0.6) is 0 Å². The van der Waals surface area contributed by atoms with Gasteiger partial charge < -0.3 is 9.84 Å². The van der Waals surface area contributed by atoms with Crippen molar-refractivity contribution in [3.8, 4) is 0 Å². The quantitative estimate of drug-likeness (QED) is 0.445. The Bertz CT molecular complexity index is 630. The van der Waals surface area contributed by atoms with E-state index in [1.165, 1.54) is 10.8 Å². The number of hydrogen-bond acceptors (Lipinski definition) is 5. The molecular weight excluding hydrogens is 254 g/mol. The fourth-order valence-electron chi connectivity index (χ4n) is 2.04. The summed E-state index contributed by atoms with van der Waals surface area (Å²) in [5, 5.41) is 12.6. The zero-order valence-corrected chi connectivity index (χ0v) is 10.2. The first-order valence-corrected chi connectivity index (χ1v) is 5.69. The Labute approximate surface area is 107 Å². The van der Waals surface area contributed by atoms with Crippen LogP contribution in [-0.2, 0) is 4.74 Å². The molecule has 0 unspecified atom stereocenters. The van der Waals surface area contributed by atoms with Gasteiger partial charge >= 0.3 is 5.69 Å². The van der Waals surface area contributed by atoms with Crippen molar-refractivity contribution < 1.29 is 9.84 Å². The zero-order valence-electron chi connectivity index (χ0n) is 10.2. The lowest BCUT2D eigenvalue weighted by Gasteiger charge is -2.17. The first-order valence-electron chi connectivity index (χ1n) is 5.69. The maximum absolute atomic E-state index is 11.8. The van der Waals surface area contributed by atoms with E-state index >= 15 is 0 Å². The number of aliphatic hydroxyl groups is 1. The molecule has 2 heterocycles. The van der Waals surface area contributed by atoms with E-state index in [0.717, 1.165) is 0 Å². The molecule has 102 valence electrons. The Kier molecular flexibility index (Phi) is 3.70. The van der Waals surface area contributed by atoms with E-state index in [1.807, 2.05) is 0 Å². The summed E-state index contributed by atoms with van der Waals surface area (Å²) >= 11 is 0. The number of aromatic nitrogens is 2. The number of H-pyrrole nitrogens is 1. The monoisotopic (exact) mass is 267 g/mol. The third kappa shape index (κ3) is 2.53. The molecular formula is C10H13N5O4. The Balaban J connectivity index is 2.44. The van der Waals surface area contributed by atoms with Gasteiger partial charge in [-0.3, -0.25) is 14.3 Å². The molecule has 9 nitrogen and oxygen atoms in total. The highest BCUT2D eigenvalue weighted by Gasteiger charge is 2.36. The van der Waals surface area contributed by atoms with E-state index < -0.39 is 29.6 Å². The van der Waals surface area contributed by atoms with Crippen LogP contribution in [0.1, 0.15) is 18.2 Å². The smallest absolute Gasteiger partial charge is 0.330 e. The topological polar surface area (TPSA) is 133 Å². The zero-order chi connectivity index (χ0) is 14.0. The molecule has 19 heavy (non-hydrogen) atoms. The highest BCUT2D eigenvalue weighted by atomic mass is 16.5. The second kappa shape index (κ2) is 5.27. The van der Waals surface area contributed by atoms with Crippen molar-refractivity contribution in [3.05, 3.63) is 43.0 Å². The van der Waals surface area contributed by atoms with E-state index in [0.29, 0.717) is 12.0 Å². The minimum atomic E-state index is -0.823. The highest BCUT2D eigenvalue weighted by molar-refractivity contribution is 5.02. The van der Waals surface area contributed by atoms with Crippen molar-refractivity contribution >= 4 is 0 Å². The number of aliphatic hydroxyl groups excluding tert-OH is 1. The Morgan fingerprint density at radius 3 is 3.05 bits per heavy atom. The third-order valence-corrected chi connectivity index (χ3v) is 2.99. The number of aromatic amines is 1. The average molecular weight is 267 g/mol. The van der Waals surface area contributed by atoms with Gasteiger partial charge in [0.2, 0.25) is 0 Å². The average Bonchev–Trinajstić information content (AvgIpc) is 2.77. The number of azide groups is 1. The molecule has 0 aromatic carbocycles. The highest BCUT2D eigenvalue weighted by Crippen LogP contribution is 2.30. The summed E-state index contributed by atoms with van der Waals surface area (Å²) in [6, 6.07) is -0.606. The van der Waals surface area contributed by atoms with Gasteiger partial charge in [-0.05, 0) is 18.9 Å². The van der Waals surface area contributed by atoms with Gasteiger partial charge in [0.1, 0.15) is 6.23 Å². The molecule has 0 aliphatic carbocycles. The number of rotatable bonds is 3. The van der Waals surface area contributed by atoms with Crippen molar-refractivity contribution in [2.24, 2.45) is 5.11 Å².